The summed E-state index contributed by atoms with van der Waals surface area (Å²) in [6, 6.07) is 14.8. The van der Waals surface area contributed by atoms with Gasteiger partial charge in [0.05, 0.1) is 13.7 Å². The van der Waals surface area contributed by atoms with Gasteiger partial charge in [-0.05, 0) is 78.7 Å². The Labute approximate surface area is 233 Å². The molecule has 8 nitrogen and oxygen atoms in total. The van der Waals surface area contributed by atoms with E-state index in [2.05, 4.69) is 18.3 Å². The monoisotopic (exact) mass is 549 g/mol. The van der Waals surface area contributed by atoms with Crippen LogP contribution in [-0.4, -0.2) is 48.2 Å². The number of hydrogen-bond donors (Lipinski definition) is 1. The van der Waals surface area contributed by atoms with Crippen molar-refractivity contribution in [2.75, 3.05) is 25.8 Å². The first-order valence-electron chi connectivity index (χ1n) is 13.4. The lowest BCUT2D eigenvalue weighted by atomic mass is 9.94. The van der Waals surface area contributed by atoms with Crippen molar-refractivity contribution in [3.8, 4) is 17.2 Å². The highest BCUT2D eigenvalue weighted by Crippen LogP contribution is 2.33. The topological polar surface area (TPSA) is 80.3 Å². The summed E-state index contributed by atoms with van der Waals surface area (Å²) >= 11 is 1.64. The molecule has 206 valence electrons. The molecule has 2 aromatic carbocycles. The van der Waals surface area contributed by atoms with E-state index in [4.69, 9.17) is 14.2 Å². The molecule has 1 aromatic heterocycles. The number of nitrogens with zero attached hydrogens (tertiary/aromatic N) is 2. The highest BCUT2D eigenvalue weighted by atomic mass is 32.1. The van der Waals surface area contributed by atoms with Gasteiger partial charge < -0.3 is 29.3 Å². The zero-order chi connectivity index (χ0) is 27.2. The van der Waals surface area contributed by atoms with Crippen LogP contribution in [0.25, 0.3) is 0 Å². The van der Waals surface area contributed by atoms with E-state index in [1.807, 2.05) is 52.7 Å². The summed E-state index contributed by atoms with van der Waals surface area (Å²) in [4.78, 5) is 32.2. The standard InChI is InChI=1S/C30H35N3O5S/c1-21-14-15-39-28(21)18-32(17-22-8-13-26-27(16-22)38-20-37-26)29(34)19-33(24-6-4-3-5-7-24)30(35)31-23-9-11-25(36-2)12-10-23/h8-16,24H,3-7,17-20H2,1-2H3,(H,31,35). The maximum atomic E-state index is 13.9. The number of fused-ring (bicyclic) bond motifs is 1. The molecule has 39 heavy (non-hydrogen) atoms. The number of thiophene rings is 1. The number of urea groups is 1. The first-order chi connectivity index (χ1) is 19.0. The van der Waals surface area contributed by atoms with E-state index < -0.39 is 0 Å². The number of nitrogens with one attached hydrogen (secondary N) is 1. The molecule has 2 heterocycles. The van der Waals surface area contributed by atoms with Crippen LogP contribution >= 0.6 is 11.3 Å². The molecule has 1 saturated carbocycles. The van der Waals surface area contributed by atoms with Gasteiger partial charge in [0.1, 0.15) is 12.3 Å². The van der Waals surface area contributed by atoms with Crippen LogP contribution in [0, 0.1) is 6.92 Å². The third-order valence-electron chi connectivity index (χ3n) is 7.39. The highest BCUT2D eigenvalue weighted by molar-refractivity contribution is 7.10. The summed E-state index contributed by atoms with van der Waals surface area (Å²) in [5.74, 6) is 2.03. The molecular weight excluding hydrogens is 514 g/mol. The molecule has 1 fully saturated rings. The number of methoxy groups -OCH3 is 1. The van der Waals surface area contributed by atoms with E-state index in [0.29, 0.717) is 30.3 Å². The van der Waals surface area contributed by atoms with Crippen molar-refractivity contribution < 1.29 is 23.8 Å². The fraction of sp³-hybridized carbons (Fsp3) is 0.400. The van der Waals surface area contributed by atoms with E-state index in [1.165, 1.54) is 0 Å². The normalized spacial score (nSPS) is 14.6. The van der Waals surface area contributed by atoms with Crippen molar-refractivity contribution in [2.45, 2.75) is 58.2 Å². The number of amides is 3. The Balaban J connectivity index is 1.36. The number of anilines is 1. The maximum absolute atomic E-state index is 13.9. The van der Waals surface area contributed by atoms with E-state index in [9.17, 15) is 9.59 Å². The Kier molecular flexibility index (Phi) is 8.56. The SMILES string of the molecule is COc1ccc(NC(=O)N(CC(=O)N(Cc2ccc3c(c2)OCO3)Cc2sccc2C)C2CCCCC2)cc1. The number of carbonyl (C=O) groups excluding carboxylic acids is 2. The second-order valence-corrected chi connectivity index (χ2v) is 11.0. The number of carbonyl (C=O) groups is 2. The van der Waals surface area contributed by atoms with Crippen LogP contribution in [0.1, 0.15) is 48.1 Å². The molecule has 1 aliphatic heterocycles. The number of rotatable bonds is 9. The van der Waals surface area contributed by atoms with Gasteiger partial charge in [-0.25, -0.2) is 4.79 Å². The van der Waals surface area contributed by atoms with E-state index in [-0.39, 0.29) is 31.3 Å². The van der Waals surface area contributed by atoms with Gasteiger partial charge in [-0.2, -0.15) is 0 Å². The molecule has 9 heteroatoms. The fourth-order valence-corrected chi connectivity index (χ4v) is 6.03. The lowest BCUT2D eigenvalue weighted by Gasteiger charge is -2.35. The van der Waals surface area contributed by atoms with Crippen molar-refractivity contribution >= 4 is 29.0 Å². The van der Waals surface area contributed by atoms with Gasteiger partial charge in [0.2, 0.25) is 12.7 Å². The average Bonchev–Trinajstić information content (AvgIpc) is 3.60. The Hall–Kier alpha value is -3.72. The van der Waals surface area contributed by atoms with Crippen LogP contribution < -0.4 is 19.5 Å². The van der Waals surface area contributed by atoms with E-state index in [0.717, 1.165) is 53.9 Å². The summed E-state index contributed by atoms with van der Waals surface area (Å²) in [5, 5.41) is 5.05. The summed E-state index contributed by atoms with van der Waals surface area (Å²) in [6.07, 6.45) is 5.07. The highest BCUT2D eigenvalue weighted by Gasteiger charge is 2.30. The minimum absolute atomic E-state index is 0.0155. The largest absolute Gasteiger partial charge is 0.497 e. The third kappa shape index (κ3) is 6.65. The molecule has 0 spiro atoms. The first-order valence-corrected chi connectivity index (χ1v) is 14.3. The summed E-state index contributed by atoms with van der Waals surface area (Å²) in [7, 11) is 1.61. The smallest absolute Gasteiger partial charge is 0.322 e. The van der Waals surface area contributed by atoms with Crippen LogP contribution in [0.15, 0.2) is 53.9 Å². The molecular formula is C30H35N3O5S. The molecule has 0 radical (unpaired) electrons. The predicted molar refractivity (Wildman–Crippen MR) is 151 cm³/mol. The molecule has 3 aromatic rings. The van der Waals surface area contributed by atoms with Gasteiger partial charge in [0, 0.05) is 23.2 Å². The second kappa shape index (κ2) is 12.4. The lowest BCUT2D eigenvalue weighted by molar-refractivity contribution is -0.133. The molecule has 0 atom stereocenters. The van der Waals surface area contributed by atoms with Crippen LogP contribution in [0.3, 0.4) is 0 Å². The van der Waals surface area contributed by atoms with Gasteiger partial charge in [0.15, 0.2) is 11.5 Å². The minimum Gasteiger partial charge on any atom is -0.497 e. The van der Waals surface area contributed by atoms with Gasteiger partial charge in [-0.15, -0.1) is 11.3 Å². The van der Waals surface area contributed by atoms with Gasteiger partial charge in [-0.1, -0.05) is 25.3 Å². The van der Waals surface area contributed by atoms with Crippen molar-refractivity contribution in [3.05, 3.63) is 69.9 Å². The molecule has 3 amide bonds. The van der Waals surface area contributed by atoms with Gasteiger partial charge in [0.25, 0.3) is 0 Å². The van der Waals surface area contributed by atoms with Gasteiger partial charge in [-0.3, -0.25) is 4.79 Å². The third-order valence-corrected chi connectivity index (χ3v) is 8.40. The predicted octanol–water partition coefficient (Wildman–Crippen LogP) is 6.19. The Morgan fingerprint density at radius 3 is 2.49 bits per heavy atom. The van der Waals surface area contributed by atoms with Crippen molar-refractivity contribution in [1.82, 2.24) is 9.80 Å². The second-order valence-electron chi connectivity index (χ2n) is 10.0. The average molecular weight is 550 g/mol. The fourth-order valence-electron chi connectivity index (χ4n) is 5.11. The molecule has 1 aliphatic carbocycles. The van der Waals surface area contributed by atoms with Crippen molar-refractivity contribution in [3.63, 3.8) is 0 Å². The summed E-state index contributed by atoms with van der Waals surface area (Å²) in [5.41, 5.74) is 2.78. The molecule has 1 N–H and O–H groups in total. The first kappa shape index (κ1) is 26.9. The number of benzene rings is 2. The van der Waals surface area contributed by atoms with Crippen LogP contribution in [-0.2, 0) is 17.9 Å². The van der Waals surface area contributed by atoms with Crippen LogP contribution in [0.4, 0.5) is 10.5 Å². The Morgan fingerprint density at radius 1 is 1.00 bits per heavy atom. The minimum atomic E-state index is -0.254. The molecule has 0 bridgehead atoms. The Morgan fingerprint density at radius 2 is 1.77 bits per heavy atom. The van der Waals surface area contributed by atoms with E-state index in [1.54, 1.807) is 23.3 Å². The Bertz CT molecular complexity index is 1290. The zero-order valence-corrected chi connectivity index (χ0v) is 23.3. The van der Waals surface area contributed by atoms with Crippen molar-refractivity contribution in [1.29, 1.82) is 0 Å². The quantitative estimate of drug-likeness (QED) is 0.344. The number of hydrogen-bond acceptors (Lipinski definition) is 6. The lowest BCUT2D eigenvalue weighted by Crippen LogP contribution is -2.49. The number of aryl methyl sites for hydroxylation is 1. The van der Waals surface area contributed by atoms with Gasteiger partial charge >= 0.3 is 6.03 Å². The molecule has 0 unspecified atom stereocenters. The summed E-state index contributed by atoms with van der Waals surface area (Å²) in [6.45, 7) is 3.17. The molecule has 2 aliphatic rings. The maximum Gasteiger partial charge on any atom is 0.322 e. The number of ether oxygens (including phenoxy) is 3. The summed E-state index contributed by atoms with van der Waals surface area (Å²) < 4.78 is 16.2. The zero-order valence-electron chi connectivity index (χ0n) is 22.5. The van der Waals surface area contributed by atoms with Crippen LogP contribution in [0.5, 0.6) is 17.2 Å². The van der Waals surface area contributed by atoms with Crippen molar-refractivity contribution in [2.24, 2.45) is 0 Å². The molecule has 5 rings (SSSR count). The van der Waals surface area contributed by atoms with E-state index >= 15 is 0 Å². The molecule has 0 saturated heterocycles. The van der Waals surface area contributed by atoms with Crippen LogP contribution in [0.2, 0.25) is 0 Å².